The first kappa shape index (κ1) is 14.7. The fourth-order valence-corrected chi connectivity index (χ4v) is 1.70. The molecule has 1 unspecified atom stereocenters. The maximum Gasteiger partial charge on any atom is 0.312 e. The van der Waals surface area contributed by atoms with Crippen molar-refractivity contribution in [2.75, 3.05) is 11.9 Å². The lowest BCUT2D eigenvalue weighted by atomic mass is 10.1. The van der Waals surface area contributed by atoms with Crippen molar-refractivity contribution in [3.8, 4) is 0 Å². The van der Waals surface area contributed by atoms with Crippen molar-refractivity contribution in [2.45, 2.75) is 26.4 Å². The fourth-order valence-electron chi connectivity index (χ4n) is 1.55. The SMILES string of the molecule is CC(C)CC(O)CNc1ncc(Cl)cc1[N+](=O)[O-]. The number of nitrogens with zero attached hydrogens (tertiary/aromatic N) is 2. The molecular formula is C11H16ClN3O3. The van der Waals surface area contributed by atoms with Gasteiger partial charge >= 0.3 is 5.69 Å². The summed E-state index contributed by atoms with van der Waals surface area (Å²) in [6.45, 7) is 4.20. The molecule has 6 nitrogen and oxygen atoms in total. The Kier molecular flexibility index (Phi) is 5.30. The Balaban J connectivity index is 2.70. The highest BCUT2D eigenvalue weighted by Gasteiger charge is 2.17. The summed E-state index contributed by atoms with van der Waals surface area (Å²) in [7, 11) is 0. The molecule has 0 bridgehead atoms. The number of nitro groups is 1. The van der Waals surface area contributed by atoms with E-state index in [9.17, 15) is 15.2 Å². The monoisotopic (exact) mass is 273 g/mol. The lowest BCUT2D eigenvalue weighted by molar-refractivity contribution is -0.384. The quantitative estimate of drug-likeness (QED) is 0.614. The van der Waals surface area contributed by atoms with Crippen molar-refractivity contribution in [2.24, 2.45) is 5.92 Å². The molecule has 1 aromatic heterocycles. The van der Waals surface area contributed by atoms with Gasteiger partial charge in [0.2, 0.25) is 5.82 Å². The van der Waals surface area contributed by atoms with Crippen molar-refractivity contribution in [1.82, 2.24) is 4.98 Å². The maximum absolute atomic E-state index is 10.8. The Morgan fingerprint density at radius 2 is 2.28 bits per heavy atom. The van der Waals surface area contributed by atoms with Crippen LogP contribution in [0.25, 0.3) is 0 Å². The van der Waals surface area contributed by atoms with Crippen molar-refractivity contribution in [3.05, 3.63) is 27.4 Å². The summed E-state index contributed by atoms with van der Waals surface area (Å²) >= 11 is 5.65. The minimum atomic E-state index is -0.568. The highest BCUT2D eigenvalue weighted by Crippen LogP contribution is 2.24. The van der Waals surface area contributed by atoms with Crippen LogP contribution in [0.3, 0.4) is 0 Å². The van der Waals surface area contributed by atoms with Crippen molar-refractivity contribution >= 4 is 23.1 Å². The molecule has 0 saturated heterocycles. The number of aliphatic hydroxyl groups excluding tert-OH is 1. The molecule has 0 spiro atoms. The van der Waals surface area contributed by atoms with E-state index < -0.39 is 11.0 Å². The van der Waals surface area contributed by atoms with Gasteiger partial charge in [-0.05, 0) is 12.3 Å². The maximum atomic E-state index is 10.8. The Bertz CT molecular complexity index is 426. The van der Waals surface area contributed by atoms with Gasteiger partial charge in [0.05, 0.1) is 16.0 Å². The highest BCUT2D eigenvalue weighted by molar-refractivity contribution is 6.30. The first-order chi connectivity index (χ1) is 8.40. The van der Waals surface area contributed by atoms with Crippen LogP contribution in [0.5, 0.6) is 0 Å². The molecule has 18 heavy (non-hydrogen) atoms. The molecule has 0 aliphatic rings. The molecule has 100 valence electrons. The van der Waals surface area contributed by atoms with Crippen LogP contribution in [0, 0.1) is 16.0 Å². The Hall–Kier alpha value is -1.40. The van der Waals surface area contributed by atoms with Crippen molar-refractivity contribution in [3.63, 3.8) is 0 Å². The second kappa shape index (κ2) is 6.51. The minimum Gasteiger partial charge on any atom is -0.391 e. The predicted molar refractivity (Wildman–Crippen MR) is 69.9 cm³/mol. The van der Waals surface area contributed by atoms with Gasteiger partial charge in [-0.3, -0.25) is 10.1 Å². The third-order valence-corrected chi connectivity index (χ3v) is 2.49. The molecule has 7 heteroatoms. The molecule has 0 radical (unpaired) electrons. The molecular weight excluding hydrogens is 258 g/mol. The lowest BCUT2D eigenvalue weighted by Gasteiger charge is -2.14. The van der Waals surface area contributed by atoms with Crippen LogP contribution in [0.2, 0.25) is 5.02 Å². The van der Waals surface area contributed by atoms with Crippen LogP contribution in [0.15, 0.2) is 12.3 Å². The Morgan fingerprint density at radius 3 is 2.83 bits per heavy atom. The van der Waals surface area contributed by atoms with E-state index in [4.69, 9.17) is 11.6 Å². The number of hydrogen-bond donors (Lipinski definition) is 2. The summed E-state index contributed by atoms with van der Waals surface area (Å²) in [4.78, 5) is 14.1. The van der Waals surface area contributed by atoms with Crippen LogP contribution in [0.1, 0.15) is 20.3 Å². The summed E-state index contributed by atoms with van der Waals surface area (Å²) in [5, 5.41) is 23.4. The highest BCUT2D eigenvalue weighted by atomic mass is 35.5. The zero-order chi connectivity index (χ0) is 13.7. The topological polar surface area (TPSA) is 88.3 Å². The number of aromatic nitrogens is 1. The number of halogens is 1. The van der Waals surface area contributed by atoms with E-state index in [0.717, 1.165) is 0 Å². The van der Waals surface area contributed by atoms with Gasteiger partial charge < -0.3 is 10.4 Å². The number of hydrogen-bond acceptors (Lipinski definition) is 5. The molecule has 0 aromatic carbocycles. The fraction of sp³-hybridized carbons (Fsp3) is 0.545. The Morgan fingerprint density at radius 1 is 1.61 bits per heavy atom. The normalized spacial score (nSPS) is 12.5. The number of pyridine rings is 1. The van der Waals surface area contributed by atoms with E-state index in [1.807, 2.05) is 13.8 Å². The van der Waals surface area contributed by atoms with Crippen LogP contribution < -0.4 is 5.32 Å². The first-order valence-corrected chi connectivity index (χ1v) is 5.99. The van der Waals surface area contributed by atoms with Crippen LogP contribution in [-0.2, 0) is 0 Å². The first-order valence-electron chi connectivity index (χ1n) is 5.62. The van der Waals surface area contributed by atoms with E-state index in [1.54, 1.807) is 0 Å². The van der Waals surface area contributed by atoms with E-state index in [-0.39, 0.29) is 23.1 Å². The standard InChI is InChI=1S/C11H16ClN3O3/c1-7(2)3-9(16)6-14-11-10(15(17)18)4-8(12)5-13-11/h4-5,7,9,16H,3,6H2,1-2H3,(H,13,14). The number of aliphatic hydroxyl groups is 1. The van der Waals surface area contributed by atoms with Gasteiger partial charge in [0.25, 0.3) is 0 Å². The Labute approximate surface area is 110 Å². The molecule has 1 atom stereocenters. The van der Waals surface area contributed by atoms with Gasteiger partial charge in [0.15, 0.2) is 0 Å². The van der Waals surface area contributed by atoms with Crippen LogP contribution in [0.4, 0.5) is 11.5 Å². The average molecular weight is 274 g/mol. The molecule has 1 heterocycles. The van der Waals surface area contributed by atoms with E-state index in [2.05, 4.69) is 10.3 Å². The third kappa shape index (κ3) is 4.46. The third-order valence-electron chi connectivity index (χ3n) is 2.28. The summed E-state index contributed by atoms with van der Waals surface area (Å²) in [6, 6.07) is 1.23. The average Bonchev–Trinajstić information content (AvgIpc) is 2.26. The van der Waals surface area contributed by atoms with Crippen molar-refractivity contribution < 1.29 is 10.0 Å². The van der Waals surface area contributed by atoms with Crippen LogP contribution in [-0.4, -0.2) is 27.7 Å². The molecule has 0 amide bonds. The van der Waals surface area contributed by atoms with Gasteiger partial charge in [-0.1, -0.05) is 25.4 Å². The van der Waals surface area contributed by atoms with Gasteiger partial charge in [-0.2, -0.15) is 0 Å². The zero-order valence-electron chi connectivity index (χ0n) is 10.3. The van der Waals surface area contributed by atoms with E-state index in [1.165, 1.54) is 12.3 Å². The molecule has 0 saturated carbocycles. The summed E-state index contributed by atoms with van der Waals surface area (Å²) < 4.78 is 0. The van der Waals surface area contributed by atoms with Gasteiger partial charge in [-0.25, -0.2) is 4.98 Å². The molecule has 0 aliphatic carbocycles. The molecule has 0 fully saturated rings. The summed E-state index contributed by atoms with van der Waals surface area (Å²) in [5.74, 6) is 0.474. The van der Waals surface area contributed by atoms with E-state index >= 15 is 0 Å². The number of anilines is 1. The second-order valence-electron chi connectivity index (χ2n) is 4.44. The molecule has 2 N–H and O–H groups in total. The van der Waals surface area contributed by atoms with Gasteiger partial charge in [0.1, 0.15) is 0 Å². The lowest BCUT2D eigenvalue weighted by Crippen LogP contribution is -2.22. The predicted octanol–water partition coefficient (Wildman–Crippen LogP) is 2.46. The summed E-state index contributed by atoms with van der Waals surface area (Å²) in [5.41, 5.74) is -0.195. The minimum absolute atomic E-state index is 0.118. The molecule has 1 rings (SSSR count). The largest absolute Gasteiger partial charge is 0.391 e. The number of nitrogens with one attached hydrogen (secondary N) is 1. The van der Waals surface area contributed by atoms with E-state index in [0.29, 0.717) is 12.3 Å². The summed E-state index contributed by atoms with van der Waals surface area (Å²) in [6.07, 6.45) is 1.38. The van der Waals surface area contributed by atoms with Crippen LogP contribution >= 0.6 is 11.6 Å². The zero-order valence-corrected chi connectivity index (χ0v) is 11.0. The van der Waals surface area contributed by atoms with Crippen molar-refractivity contribution in [1.29, 1.82) is 0 Å². The molecule has 1 aromatic rings. The van der Waals surface area contributed by atoms with Gasteiger partial charge in [0, 0.05) is 18.8 Å². The smallest absolute Gasteiger partial charge is 0.312 e. The second-order valence-corrected chi connectivity index (χ2v) is 4.88. The van der Waals surface area contributed by atoms with Gasteiger partial charge in [-0.15, -0.1) is 0 Å². The number of rotatable bonds is 6. The molecule has 0 aliphatic heterocycles.